The number of esters is 1. The Morgan fingerprint density at radius 1 is 1.03 bits per heavy atom. The molecule has 1 fully saturated rings. The van der Waals surface area contributed by atoms with E-state index in [0.717, 1.165) is 20.2 Å². The van der Waals surface area contributed by atoms with Gasteiger partial charge in [0, 0.05) is 3.57 Å². The van der Waals surface area contributed by atoms with Gasteiger partial charge in [0.05, 0.1) is 33.7 Å². The van der Waals surface area contributed by atoms with Crippen molar-refractivity contribution in [2.45, 2.75) is 13.5 Å². The fraction of sp³-hybridized carbons (Fsp3) is 0.115. The number of carbonyl (C=O) groups excluding carboxylic acids is 3. The third kappa shape index (κ3) is 6.05. The molecule has 36 heavy (non-hydrogen) atoms. The van der Waals surface area contributed by atoms with Crippen molar-refractivity contribution in [2.75, 3.05) is 6.61 Å². The zero-order valence-electron chi connectivity index (χ0n) is 18.8. The zero-order chi connectivity index (χ0) is 25.8. The number of carbonyl (C=O) groups is 3. The highest BCUT2D eigenvalue weighted by atomic mass is 127. The predicted octanol–water partition coefficient (Wildman–Crippen LogP) is 7.45. The number of nitrogens with zero attached hydrogens (tertiary/aromatic N) is 1. The van der Waals surface area contributed by atoms with Crippen LogP contribution in [0, 0.1) is 3.57 Å². The second kappa shape index (κ2) is 11.7. The molecule has 3 aromatic carbocycles. The van der Waals surface area contributed by atoms with Crippen molar-refractivity contribution in [1.82, 2.24) is 4.90 Å². The van der Waals surface area contributed by atoms with E-state index in [1.165, 1.54) is 0 Å². The van der Waals surface area contributed by atoms with Crippen LogP contribution in [0.15, 0.2) is 65.6 Å². The summed E-state index contributed by atoms with van der Waals surface area (Å²) >= 11 is 14.9. The van der Waals surface area contributed by atoms with Crippen molar-refractivity contribution in [2.24, 2.45) is 0 Å². The van der Waals surface area contributed by atoms with Crippen molar-refractivity contribution in [3.05, 3.63) is 95.9 Å². The van der Waals surface area contributed by atoms with E-state index in [0.29, 0.717) is 39.1 Å². The summed E-state index contributed by atoms with van der Waals surface area (Å²) in [5.74, 6) is -0.313. The van der Waals surface area contributed by atoms with Crippen LogP contribution in [0.5, 0.6) is 11.5 Å². The SMILES string of the molecule is CCOc1cc(/C=C2\SC(=O)N(Cc3ccc(Cl)c(Cl)c3)C2=O)ccc1OC(=O)c1ccccc1I. The lowest BCUT2D eigenvalue weighted by molar-refractivity contribution is -0.123. The topological polar surface area (TPSA) is 72.9 Å². The van der Waals surface area contributed by atoms with Crippen LogP contribution in [0.1, 0.15) is 28.4 Å². The van der Waals surface area contributed by atoms with Crippen molar-refractivity contribution in [3.63, 3.8) is 0 Å². The second-order valence-electron chi connectivity index (χ2n) is 7.52. The van der Waals surface area contributed by atoms with Crippen LogP contribution in [-0.2, 0) is 11.3 Å². The molecule has 3 aromatic rings. The van der Waals surface area contributed by atoms with Gasteiger partial charge < -0.3 is 9.47 Å². The van der Waals surface area contributed by atoms with Crippen molar-refractivity contribution < 1.29 is 23.9 Å². The van der Waals surface area contributed by atoms with E-state index >= 15 is 0 Å². The van der Waals surface area contributed by atoms with Gasteiger partial charge in [-0.3, -0.25) is 14.5 Å². The van der Waals surface area contributed by atoms with Gasteiger partial charge in [-0.05, 0) is 94.9 Å². The van der Waals surface area contributed by atoms with Crippen molar-refractivity contribution in [3.8, 4) is 11.5 Å². The first kappa shape index (κ1) is 26.5. The van der Waals surface area contributed by atoms with Gasteiger partial charge in [0.15, 0.2) is 11.5 Å². The summed E-state index contributed by atoms with van der Waals surface area (Å²) in [6, 6.07) is 17.0. The summed E-state index contributed by atoms with van der Waals surface area (Å²) in [7, 11) is 0. The number of halogens is 3. The Bertz CT molecular complexity index is 1390. The van der Waals surface area contributed by atoms with E-state index in [9.17, 15) is 14.4 Å². The summed E-state index contributed by atoms with van der Waals surface area (Å²) < 4.78 is 12.0. The number of amides is 2. The summed E-state index contributed by atoms with van der Waals surface area (Å²) in [5, 5.41) is 0.362. The molecule has 1 saturated heterocycles. The first-order valence-corrected chi connectivity index (χ1v) is 13.3. The zero-order valence-corrected chi connectivity index (χ0v) is 23.3. The molecule has 0 bridgehead atoms. The number of rotatable bonds is 7. The van der Waals surface area contributed by atoms with Crippen molar-refractivity contribution in [1.29, 1.82) is 0 Å². The number of ether oxygens (including phenoxy) is 2. The lowest BCUT2D eigenvalue weighted by Crippen LogP contribution is -2.27. The van der Waals surface area contributed by atoms with E-state index in [1.807, 2.05) is 19.1 Å². The van der Waals surface area contributed by atoms with E-state index in [4.69, 9.17) is 32.7 Å². The fourth-order valence-corrected chi connectivity index (χ4v) is 5.12. The van der Waals surface area contributed by atoms with Crippen LogP contribution in [0.4, 0.5) is 4.79 Å². The minimum absolute atomic E-state index is 0.0796. The molecule has 1 heterocycles. The maximum absolute atomic E-state index is 12.9. The minimum Gasteiger partial charge on any atom is -0.490 e. The van der Waals surface area contributed by atoms with Gasteiger partial charge in [0.1, 0.15) is 0 Å². The molecule has 0 spiro atoms. The number of benzene rings is 3. The first-order chi connectivity index (χ1) is 17.3. The van der Waals surface area contributed by atoms with Crippen LogP contribution in [-0.4, -0.2) is 28.6 Å². The fourth-order valence-electron chi connectivity index (χ4n) is 3.36. The van der Waals surface area contributed by atoms with Gasteiger partial charge in [-0.1, -0.05) is 47.5 Å². The summed E-state index contributed by atoms with van der Waals surface area (Å²) in [6.45, 7) is 2.24. The highest BCUT2D eigenvalue weighted by Crippen LogP contribution is 2.36. The van der Waals surface area contributed by atoms with Gasteiger partial charge in [0.2, 0.25) is 0 Å². The van der Waals surface area contributed by atoms with Crippen LogP contribution in [0.3, 0.4) is 0 Å². The highest BCUT2D eigenvalue weighted by molar-refractivity contribution is 14.1. The molecular weight excluding hydrogens is 636 g/mol. The number of hydrogen-bond donors (Lipinski definition) is 0. The molecule has 1 aliphatic heterocycles. The number of thioether (sulfide) groups is 1. The molecule has 0 aromatic heterocycles. The second-order valence-corrected chi connectivity index (χ2v) is 10.5. The van der Waals surface area contributed by atoms with Crippen LogP contribution >= 0.6 is 57.6 Å². The largest absolute Gasteiger partial charge is 0.490 e. The van der Waals surface area contributed by atoms with Crippen LogP contribution in [0.25, 0.3) is 6.08 Å². The molecule has 6 nitrogen and oxygen atoms in total. The quantitative estimate of drug-likeness (QED) is 0.114. The molecule has 0 N–H and O–H groups in total. The van der Waals surface area contributed by atoms with Crippen LogP contribution < -0.4 is 9.47 Å². The third-order valence-electron chi connectivity index (χ3n) is 5.06. The van der Waals surface area contributed by atoms with Gasteiger partial charge in [-0.2, -0.15) is 0 Å². The van der Waals surface area contributed by atoms with Crippen molar-refractivity contribution >= 4 is 80.7 Å². The summed E-state index contributed by atoms with van der Waals surface area (Å²) in [5.41, 5.74) is 1.75. The smallest absolute Gasteiger partial charge is 0.344 e. The average Bonchev–Trinajstić information content (AvgIpc) is 3.10. The maximum Gasteiger partial charge on any atom is 0.344 e. The standard InChI is InChI=1S/C26H18Cl2INO5S/c1-2-34-22-12-15(8-10-21(22)35-25(32)17-5-3-4-6-20(17)29)13-23-24(31)30(26(33)36-23)14-16-7-9-18(27)19(28)11-16/h3-13H,2,14H2,1H3/b23-13-. The Balaban J connectivity index is 1.54. The Hall–Kier alpha value is -2.53. The van der Waals surface area contributed by atoms with E-state index in [1.54, 1.807) is 54.6 Å². The van der Waals surface area contributed by atoms with Gasteiger partial charge in [-0.25, -0.2) is 4.79 Å². The Morgan fingerprint density at radius 3 is 2.53 bits per heavy atom. The lowest BCUT2D eigenvalue weighted by atomic mass is 10.1. The van der Waals surface area contributed by atoms with E-state index in [2.05, 4.69) is 22.6 Å². The molecule has 1 aliphatic rings. The van der Waals surface area contributed by atoms with E-state index < -0.39 is 11.9 Å². The molecular formula is C26H18Cl2INO5S. The average molecular weight is 654 g/mol. The summed E-state index contributed by atoms with van der Waals surface area (Å²) in [4.78, 5) is 39.6. The Labute approximate surface area is 235 Å². The molecule has 0 saturated carbocycles. The number of hydrogen-bond acceptors (Lipinski definition) is 6. The maximum atomic E-state index is 12.9. The van der Waals surface area contributed by atoms with Gasteiger partial charge in [0.25, 0.3) is 11.1 Å². The number of imide groups is 1. The predicted molar refractivity (Wildman–Crippen MR) is 150 cm³/mol. The van der Waals surface area contributed by atoms with Gasteiger partial charge >= 0.3 is 5.97 Å². The normalized spacial score (nSPS) is 14.4. The molecule has 0 radical (unpaired) electrons. The highest BCUT2D eigenvalue weighted by Gasteiger charge is 2.35. The van der Waals surface area contributed by atoms with E-state index in [-0.39, 0.29) is 22.4 Å². The molecule has 4 rings (SSSR count). The molecule has 2 amide bonds. The third-order valence-corrected chi connectivity index (χ3v) is 7.65. The Kier molecular flexibility index (Phi) is 8.61. The first-order valence-electron chi connectivity index (χ1n) is 10.7. The van der Waals surface area contributed by atoms with Gasteiger partial charge in [-0.15, -0.1) is 0 Å². The molecule has 0 aliphatic carbocycles. The molecule has 10 heteroatoms. The lowest BCUT2D eigenvalue weighted by Gasteiger charge is -2.13. The molecule has 184 valence electrons. The summed E-state index contributed by atoms with van der Waals surface area (Å²) in [6.07, 6.45) is 1.61. The minimum atomic E-state index is -0.503. The monoisotopic (exact) mass is 653 g/mol. The Morgan fingerprint density at radius 2 is 1.81 bits per heavy atom. The molecule has 0 unspecified atom stereocenters. The molecule has 0 atom stereocenters. The van der Waals surface area contributed by atoms with Crippen LogP contribution in [0.2, 0.25) is 10.0 Å².